The zero-order chi connectivity index (χ0) is 23.4. The van der Waals surface area contributed by atoms with Gasteiger partial charge in [0.25, 0.3) is 0 Å². The summed E-state index contributed by atoms with van der Waals surface area (Å²) in [5.74, 6) is 7.88. The summed E-state index contributed by atoms with van der Waals surface area (Å²) in [4.78, 5) is 20.9. The fraction of sp³-hybridized carbons (Fsp3) is 0.440. The minimum atomic E-state index is -0.502. The van der Waals surface area contributed by atoms with Gasteiger partial charge in [0.1, 0.15) is 11.4 Å². The van der Waals surface area contributed by atoms with E-state index in [1.54, 1.807) is 18.3 Å². The Bertz CT molecular complexity index is 1130. The normalized spacial score (nSPS) is 19.2. The number of anilines is 3. The molecule has 1 aromatic heterocycles. The second-order valence-electron chi connectivity index (χ2n) is 9.47. The standard InChI is InChI=1S/C25H28N6O2/c1-25(2,3)33-24(32)30-21-11-16(12-21)7-8-18-15-27-23(31-22(18)28-19-9-10-19)29-20-6-4-5-17(13-20)14-26/h4-6,13,15-16,19,21H,9-12H2,1-3H3,(H,30,32)(H2,27,28,29,31). The van der Waals surface area contributed by atoms with Crippen LogP contribution in [0.5, 0.6) is 0 Å². The highest BCUT2D eigenvalue weighted by Crippen LogP contribution is 2.29. The molecule has 1 aromatic carbocycles. The summed E-state index contributed by atoms with van der Waals surface area (Å²) in [6, 6.07) is 9.82. The summed E-state index contributed by atoms with van der Waals surface area (Å²) >= 11 is 0. The number of amides is 1. The number of nitriles is 1. The summed E-state index contributed by atoms with van der Waals surface area (Å²) in [6.07, 6.45) is 5.16. The number of nitrogens with one attached hydrogen (secondary N) is 3. The van der Waals surface area contributed by atoms with Gasteiger partial charge < -0.3 is 20.7 Å². The second-order valence-corrected chi connectivity index (χ2v) is 9.47. The van der Waals surface area contributed by atoms with E-state index in [1.807, 2.05) is 32.9 Å². The van der Waals surface area contributed by atoms with Gasteiger partial charge in [-0.25, -0.2) is 9.78 Å². The molecule has 8 nitrogen and oxygen atoms in total. The summed E-state index contributed by atoms with van der Waals surface area (Å²) in [6.45, 7) is 5.55. The van der Waals surface area contributed by atoms with E-state index in [0.717, 1.165) is 36.9 Å². The molecule has 3 N–H and O–H groups in total. The molecule has 2 fully saturated rings. The van der Waals surface area contributed by atoms with Gasteiger partial charge >= 0.3 is 6.09 Å². The monoisotopic (exact) mass is 444 g/mol. The van der Waals surface area contributed by atoms with E-state index >= 15 is 0 Å². The van der Waals surface area contributed by atoms with Crippen molar-refractivity contribution in [1.29, 1.82) is 5.26 Å². The lowest BCUT2D eigenvalue weighted by molar-refractivity contribution is 0.0467. The zero-order valence-electron chi connectivity index (χ0n) is 19.1. The molecule has 2 saturated carbocycles. The number of hydrogen-bond donors (Lipinski definition) is 3. The van der Waals surface area contributed by atoms with E-state index < -0.39 is 5.60 Å². The van der Waals surface area contributed by atoms with Crippen molar-refractivity contribution in [2.75, 3.05) is 10.6 Å². The smallest absolute Gasteiger partial charge is 0.407 e. The van der Waals surface area contributed by atoms with Crippen LogP contribution in [0.25, 0.3) is 0 Å². The van der Waals surface area contributed by atoms with Crippen LogP contribution < -0.4 is 16.0 Å². The predicted octanol–water partition coefficient (Wildman–Crippen LogP) is 4.32. The number of hydrogen-bond acceptors (Lipinski definition) is 7. The number of nitrogens with zero attached hydrogens (tertiary/aromatic N) is 3. The van der Waals surface area contributed by atoms with Crippen LogP contribution in [-0.2, 0) is 4.74 Å². The molecule has 0 atom stereocenters. The molecular weight excluding hydrogens is 416 g/mol. The van der Waals surface area contributed by atoms with Crippen molar-refractivity contribution in [1.82, 2.24) is 15.3 Å². The highest BCUT2D eigenvalue weighted by molar-refractivity contribution is 5.68. The average Bonchev–Trinajstić information content (AvgIpc) is 3.53. The molecule has 8 heteroatoms. The average molecular weight is 445 g/mol. The maximum atomic E-state index is 11.9. The fourth-order valence-electron chi connectivity index (χ4n) is 3.37. The number of alkyl carbamates (subject to hydrolysis) is 1. The van der Waals surface area contributed by atoms with E-state index in [-0.39, 0.29) is 18.1 Å². The molecule has 2 aliphatic carbocycles. The third-order valence-electron chi connectivity index (χ3n) is 5.22. The Kier molecular flexibility index (Phi) is 6.37. The van der Waals surface area contributed by atoms with Gasteiger partial charge in [-0.1, -0.05) is 17.9 Å². The molecule has 0 spiro atoms. The maximum absolute atomic E-state index is 11.9. The summed E-state index contributed by atoms with van der Waals surface area (Å²) in [5.41, 5.74) is 1.57. The van der Waals surface area contributed by atoms with E-state index in [4.69, 9.17) is 10.00 Å². The number of carbonyl (C=O) groups is 1. The number of carbonyl (C=O) groups excluding carboxylic acids is 1. The van der Waals surface area contributed by atoms with Crippen molar-refractivity contribution < 1.29 is 9.53 Å². The molecule has 0 bridgehead atoms. The van der Waals surface area contributed by atoms with E-state index in [9.17, 15) is 4.79 Å². The maximum Gasteiger partial charge on any atom is 0.407 e. The molecule has 0 radical (unpaired) electrons. The Morgan fingerprint density at radius 3 is 2.70 bits per heavy atom. The first-order valence-corrected chi connectivity index (χ1v) is 11.2. The van der Waals surface area contributed by atoms with Crippen molar-refractivity contribution in [3.05, 3.63) is 41.6 Å². The number of aromatic nitrogens is 2. The third kappa shape index (κ3) is 6.60. The fourth-order valence-corrected chi connectivity index (χ4v) is 3.37. The number of rotatable bonds is 5. The van der Waals surface area contributed by atoms with Gasteiger partial charge in [0, 0.05) is 23.7 Å². The first-order chi connectivity index (χ1) is 15.8. The Morgan fingerprint density at radius 2 is 2.00 bits per heavy atom. The Morgan fingerprint density at radius 1 is 1.21 bits per heavy atom. The largest absolute Gasteiger partial charge is 0.444 e. The molecule has 170 valence electrons. The molecule has 0 unspecified atom stereocenters. The molecule has 1 amide bonds. The zero-order valence-corrected chi connectivity index (χ0v) is 19.1. The predicted molar refractivity (Wildman–Crippen MR) is 126 cm³/mol. The number of benzene rings is 1. The van der Waals surface area contributed by atoms with Crippen LogP contribution in [0.1, 0.15) is 57.6 Å². The minimum Gasteiger partial charge on any atom is -0.444 e. The van der Waals surface area contributed by atoms with Crippen LogP contribution in [0.4, 0.5) is 22.2 Å². The Labute approximate surface area is 194 Å². The Hall–Kier alpha value is -3.78. The van der Waals surface area contributed by atoms with Crippen molar-refractivity contribution >= 4 is 23.5 Å². The quantitative estimate of drug-likeness (QED) is 0.589. The van der Waals surface area contributed by atoms with Gasteiger partial charge in [-0.3, -0.25) is 0 Å². The first-order valence-electron chi connectivity index (χ1n) is 11.2. The summed E-state index contributed by atoms with van der Waals surface area (Å²) in [7, 11) is 0. The van der Waals surface area contributed by atoms with Crippen molar-refractivity contribution in [3.8, 4) is 17.9 Å². The molecular formula is C25H28N6O2. The highest BCUT2D eigenvalue weighted by atomic mass is 16.6. The third-order valence-corrected chi connectivity index (χ3v) is 5.22. The van der Waals surface area contributed by atoms with Gasteiger partial charge in [0.2, 0.25) is 5.95 Å². The lowest BCUT2D eigenvalue weighted by Gasteiger charge is -2.33. The van der Waals surface area contributed by atoms with Gasteiger partial charge in [-0.2, -0.15) is 10.2 Å². The first kappa shape index (κ1) is 22.4. The highest BCUT2D eigenvalue weighted by Gasteiger charge is 2.30. The van der Waals surface area contributed by atoms with Crippen LogP contribution in [0.3, 0.4) is 0 Å². The van der Waals surface area contributed by atoms with Crippen LogP contribution in [0, 0.1) is 29.1 Å². The minimum absolute atomic E-state index is 0.0928. The van der Waals surface area contributed by atoms with E-state index in [2.05, 4.69) is 43.8 Å². The lowest BCUT2D eigenvalue weighted by atomic mass is 9.81. The Balaban J connectivity index is 1.39. The molecule has 33 heavy (non-hydrogen) atoms. The molecule has 4 rings (SSSR count). The van der Waals surface area contributed by atoms with Crippen LogP contribution in [-0.4, -0.2) is 33.7 Å². The van der Waals surface area contributed by atoms with Gasteiger partial charge in [0.15, 0.2) is 0 Å². The molecule has 2 aliphatic rings. The SMILES string of the molecule is CC(C)(C)OC(=O)NC1CC(C#Cc2cnc(Nc3cccc(C#N)c3)nc2NC2CC2)C1. The summed E-state index contributed by atoms with van der Waals surface area (Å²) in [5, 5.41) is 18.6. The van der Waals surface area contributed by atoms with E-state index in [1.165, 1.54) is 0 Å². The molecule has 0 aliphatic heterocycles. The van der Waals surface area contributed by atoms with Crippen LogP contribution in [0.2, 0.25) is 0 Å². The van der Waals surface area contributed by atoms with Gasteiger partial charge in [-0.05, 0) is 64.7 Å². The van der Waals surface area contributed by atoms with Gasteiger partial charge in [-0.15, -0.1) is 0 Å². The number of ether oxygens (including phenoxy) is 1. The van der Waals surface area contributed by atoms with Crippen molar-refractivity contribution in [2.24, 2.45) is 5.92 Å². The molecule has 2 aromatic rings. The summed E-state index contributed by atoms with van der Waals surface area (Å²) < 4.78 is 5.30. The second kappa shape index (κ2) is 9.38. The molecule has 0 saturated heterocycles. The van der Waals surface area contributed by atoms with Crippen molar-refractivity contribution in [2.45, 2.75) is 64.1 Å². The van der Waals surface area contributed by atoms with Crippen LogP contribution >= 0.6 is 0 Å². The van der Waals surface area contributed by atoms with Crippen LogP contribution in [0.15, 0.2) is 30.5 Å². The topological polar surface area (TPSA) is 112 Å². The molecule has 1 heterocycles. The van der Waals surface area contributed by atoms with E-state index in [0.29, 0.717) is 23.4 Å². The van der Waals surface area contributed by atoms with Crippen molar-refractivity contribution in [3.63, 3.8) is 0 Å². The van der Waals surface area contributed by atoms with Gasteiger partial charge in [0.05, 0.1) is 23.4 Å². The lowest BCUT2D eigenvalue weighted by Crippen LogP contribution is -2.45.